The van der Waals surface area contributed by atoms with E-state index in [0.29, 0.717) is 6.54 Å². The van der Waals surface area contributed by atoms with Crippen LogP contribution in [-0.4, -0.2) is 31.4 Å². The van der Waals surface area contributed by atoms with Crippen molar-refractivity contribution in [1.29, 1.82) is 0 Å². The van der Waals surface area contributed by atoms with Gasteiger partial charge in [0.25, 0.3) is 5.91 Å². The van der Waals surface area contributed by atoms with Crippen molar-refractivity contribution in [3.8, 4) is 0 Å². The van der Waals surface area contributed by atoms with Crippen molar-refractivity contribution < 1.29 is 4.79 Å². The minimum absolute atomic E-state index is 0.00128. The Balaban J connectivity index is 1.80. The van der Waals surface area contributed by atoms with Crippen molar-refractivity contribution in [1.82, 2.24) is 10.2 Å². The van der Waals surface area contributed by atoms with E-state index in [1.165, 1.54) is 27.0 Å². The van der Waals surface area contributed by atoms with Crippen LogP contribution < -0.4 is 5.32 Å². The quantitative estimate of drug-likeness (QED) is 0.767. The summed E-state index contributed by atoms with van der Waals surface area (Å²) in [5.41, 5.74) is 1.28. The summed E-state index contributed by atoms with van der Waals surface area (Å²) >= 11 is 3.22. The largest absolute Gasteiger partial charge is 0.349 e. The van der Waals surface area contributed by atoms with Crippen molar-refractivity contribution in [2.75, 3.05) is 20.6 Å². The van der Waals surface area contributed by atoms with Crippen LogP contribution in [0.25, 0.3) is 10.1 Å². The highest BCUT2D eigenvalue weighted by Gasteiger charge is 2.19. The summed E-state index contributed by atoms with van der Waals surface area (Å²) in [6, 6.07) is 12.3. The number of carbonyl (C=O) groups is 1. The Bertz CT molecular complexity index is 762. The van der Waals surface area contributed by atoms with Crippen LogP contribution in [0.2, 0.25) is 0 Å². The van der Waals surface area contributed by atoms with Crippen LogP contribution in [0.5, 0.6) is 0 Å². The molecule has 1 atom stereocenters. The second kappa shape index (κ2) is 6.60. The Hall–Kier alpha value is -1.69. The molecule has 0 bridgehead atoms. The van der Waals surface area contributed by atoms with E-state index in [9.17, 15) is 4.79 Å². The molecule has 5 heteroatoms. The van der Waals surface area contributed by atoms with Gasteiger partial charge in [-0.25, -0.2) is 0 Å². The zero-order valence-electron chi connectivity index (χ0n) is 12.6. The SMILES string of the molecule is CN(C)C(CNC(=O)c1cccs1)c1csc2ccccc12. The lowest BCUT2D eigenvalue weighted by Crippen LogP contribution is -2.34. The molecule has 0 saturated carbocycles. The van der Waals surface area contributed by atoms with E-state index in [1.807, 2.05) is 17.5 Å². The topological polar surface area (TPSA) is 32.3 Å². The lowest BCUT2D eigenvalue weighted by molar-refractivity contribution is 0.0946. The van der Waals surface area contributed by atoms with E-state index in [4.69, 9.17) is 0 Å². The molecule has 0 saturated heterocycles. The fraction of sp³-hybridized carbons (Fsp3) is 0.235. The second-order valence-corrected chi connectivity index (χ2v) is 7.21. The van der Waals surface area contributed by atoms with Crippen LogP contribution in [0.3, 0.4) is 0 Å². The summed E-state index contributed by atoms with van der Waals surface area (Å²) in [5, 5.41) is 8.45. The first kappa shape index (κ1) is 15.2. The number of carbonyl (C=O) groups excluding carboxylic acids is 1. The number of benzene rings is 1. The van der Waals surface area contributed by atoms with Gasteiger partial charge in [-0.15, -0.1) is 22.7 Å². The lowest BCUT2D eigenvalue weighted by atomic mass is 10.0. The maximum absolute atomic E-state index is 12.1. The molecule has 22 heavy (non-hydrogen) atoms. The van der Waals surface area contributed by atoms with E-state index in [2.05, 4.69) is 54.0 Å². The third kappa shape index (κ3) is 3.06. The lowest BCUT2D eigenvalue weighted by Gasteiger charge is -2.24. The Morgan fingerprint density at radius 1 is 1.18 bits per heavy atom. The summed E-state index contributed by atoms with van der Waals surface area (Å²) in [5.74, 6) is 0.00128. The highest BCUT2D eigenvalue weighted by atomic mass is 32.1. The fourth-order valence-corrected chi connectivity index (χ4v) is 4.16. The molecule has 0 spiro atoms. The number of likely N-dealkylation sites (N-methyl/N-ethyl adjacent to an activating group) is 1. The molecule has 0 aliphatic heterocycles. The number of rotatable bonds is 5. The van der Waals surface area contributed by atoms with Gasteiger partial charge in [0.05, 0.1) is 10.9 Å². The Kier molecular flexibility index (Phi) is 4.57. The molecule has 1 aromatic carbocycles. The molecule has 0 radical (unpaired) electrons. The molecule has 1 amide bonds. The van der Waals surface area contributed by atoms with Crippen molar-refractivity contribution in [2.24, 2.45) is 0 Å². The predicted molar refractivity (Wildman–Crippen MR) is 94.9 cm³/mol. The number of nitrogens with one attached hydrogen (secondary N) is 1. The van der Waals surface area contributed by atoms with Gasteiger partial charge in [0.2, 0.25) is 0 Å². The summed E-state index contributed by atoms with van der Waals surface area (Å²) in [7, 11) is 4.10. The zero-order valence-corrected chi connectivity index (χ0v) is 14.2. The Labute approximate surface area is 138 Å². The van der Waals surface area contributed by atoms with Gasteiger partial charge in [0.1, 0.15) is 0 Å². The van der Waals surface area contributed by atoms with Gasteiger partial charge < -0.3 is 10.2 Å². The molecule has 2 aromatic heterocycles. The molecular formula is C17H18N2OS2. The van der Waals surface area contributed by atoms with Gasteiger partial charge in [-0.2, -0.15) is 0 Å². The normalized spacial score (nSPS) is 12.7. The zero-order chi connectivity index (χ0) is 15.5. The van der Waals surface area contributed by atoms with Gasteiger partial charge in [-0.1, -0.05) is 24.3 Å². The summed E-state index contributed by atoms with van der Waals surface area (Å²) < 4.78 is 1.29. The van der Waals surface area contributed by atoms with Gasteiger partial charge >= 0.3 is 0 Å². The number of hydrogen-bond acceptors (Lipinski definition) is 4. The van der Waals surface area contributed by atoms with E-state index in [0.717, 1.165) is 4.88 Å². The Morgan fingerprint density at radius 2 is 2.00 bits per heavy atom. The van der Waals surface area contributed by atoms with Crippen molar-refractivity contribution in [2.45, 2.75) is 6.04 Å². The van der Waals surface area contributed by atoms with Crippen LogP contribution in [0.4, 0.5) is 0 Å². The van der Waals surface area contributed by atoms with Gasteiger partial charge in [-0.3, -0.25) is 4.79 Å². The molecule has 2 heterocycles. The fourth-order valence-electron chi connectivity index (χ4n) is 2.51. The van der Waals surface area contributed by atoms with Gasteiger partial charge in [0, 0.05) is 11.2 Å². The van der Waals surface area contributed by atoms with Crippen LogP contribution in [-0.2, 0) is 0 Å². The minimum Gasteiger partial charge on any atom is -0.349 e. The average Bonchev–Trinajstić information content (AvgIpc) is 3.17. The molecule has 3 aromatic rings. The molecule has 0 aliphatic rings. The summed E-state index contributed by atoms with van der Waals surface area (Å²) in [4.78, 5) is 15.1. The maximum Gasteiger partial charge on any atom is 0.261 e. The van der Waals surface area contributed by atoms with E-state index >= 15 is 0 Å². The summed E-state index contributed by atoms with van der Waals surface area (Å²) in [6.07, 6.45) is 0. The first-order valence-corrected chi connectivity index (χ1v) is 8.87. The number of nitrogens with zero attached hydrogens (tertiary/aromatic N) is 1. The van der Waals surface area contributed by atoms with Crippen LogP contribution in [0, 0.1) is 0 Å². The molecule has 3 nitrogen and oxygen atoms in total. The molecule has 0 aliphatic carbocycles. The van der Waals surface area contributed by atoms with Crippen molar-refractivity contribution in [3.63, 3.8) is 0 Å². The number of thiophene rings is 2. The van der Waals surface area contributed by atoms with Gasteiger partial charge in [-0.05, 0) is 47.9 Å². The molecule has 3 rings (SSSR count). The molecule has 1 unspecified atom stereocenters. The average molecular weight is 330 g/mol. The van der Waals surface area contributed by atoms with E-state index in [1.54, 1.807) is 11.3 Å². The number of hydrogen-bond donors (Lipinski definition) is 1. The van der Waals surface area contributed by atoms with Crippen LogP contribution in [0.1, 0.15) is 21.3 Å². The van der Waals surface area contributed by atoms with Crippen LogP contribution in [0.15, 0.2) is 47.2 Å². The third-order valence-corrected chi connectivity index (χ3v) is 5.54. The van der Waals surface area contributed by atoms with Crippen LogP contribution >= 0.6 is 22.7 Å². The first-order chi connectivity index (χ1) is 10.7. The first-order valence-electron chi connectivity index (χ1n) is 7.11. The maximum atomic E-state index is 12.1. The molecular weight excluding hydrogens is 312 g/mol. The molecule has 1 N–H and O–H groups in total. The summed E-state index contributed by atoms with van der Waals surface area (Å²) in [6.45, 7) is 0.602. The smallest absolute Gasteiger partial charge is 0.261 e. The van der Waals surface area contributed by atoms with Crippen molar-refractivity contribution >= 4 is 38.7 Å². The highest BCUT2D eigenvalue weighted by molar-refractivity contribution is 7.17. The Morgan fingerprint density at radius 3 is 2.73 bits per heavy atom. The van der Waals surface area contributed by atoms with Gasteiger partial charge in [0.15, 0.2) is 0 Å². The van der Waals surface area contributed by atoms with E-state index in [-0.39, 0.29) is 11.9 Å². The third-order valence-electron chi connectivity index (χ3n) is 3.69. The highest BCUT2D eigenvalue weighted by Crippen LogP contribution is 2.32. The predicted octanol–water partition coefficient (Wildman–Crippen LogP) is 4.00. The second-order valence-electron chi connectivity index (χ2n) is 5.35. The molecule has 0 fully saturated rings. The number of amides is 1. The van der Waals surface area contributed by atoms with E-state index < -0.39 is 0 Å². The number of fused-ring (bicyclic) bond motifs is 1. The molecule has 114 valence electrons. The van der Waals surface area contributed by atoms with Crippen molar-refractivity contribution in [3.05, 3.63) is 57.6 Å². The monoisotopic (exact) mass is 330 g/mol. The minimum atomic E-state index is 0.00128. The standard InChI is InChI=1S/C17H18N2OS2/c1-19(2)14(10-18-17(20)16-8-5-9-21-16)13-11-22-15-7-4-3-6-12(13)15/h3-9,11,14H,10H2,1-2H3,(H,18,20).